The normalized spacial score (nSPS) is 21.5. The molecule has 2 saturated heterocycles. The van der Waals surface area contributed by atoms with Gasteiger partial charge >= 0.3 is 0 Å². The molecule has 1 aromatic carbocycles. The van der Waals surface area contributed by atoms with Gasteiger partial charge in [0.25, 0.3) is 10.2 Å². The van der Waals surface area contributed by atoms with Gasteiger partial charge in [-0.05, 0) is 101 Å². The van der Waals surface area contributed by atoms with Crippen LogP contribution in [0.15, 0.2) is 33.3 Å². The molecule has 39 heavy (non-hydrogen) atoms. The summed E-state index contributed by atoms with van der Waals surface area (Å²) in [7, 11) is -0.271. The van der Waals surface area contributed by atoms with Crippen molar-refractivity contribution in [3.05, 3.63) is 60.7 Å². The minimum atomic E-state index is -3.39. The van der Waals surface area contributed by atoms with E-state index >= 15 is 0 Å². The van der Waals surface area contributed by atoms with Gasteiger partial charge in [0.05, 0.1) is 5.69 Å². The Bertz CT molecular complexity index is 1340. The zero-order valence-electron chi connectivity index (χ0n) is 22.4. The molecule has 0 bridgehead atoms. The standard InChI is InChI=1S/C28H35Br2ClN4O3S/c1-33(2)39(37,38)35-11-5-18(6-12-35)13-25(36)34-9-7-19(8-10-34)27-26-20(15-23(31)16-24(26)30)3-4-21-14-22(29)17-32-28(21)27/h14-19,27H,3-13H2,1-2H3/t27-/m1/s1. The summed E-state index contributed by atoms with van der Waals surface area (Å²) < 4.78 is 29.6. The number of rotatable bonds is 5. The quantitative estimate of drug-likeness (QED) is 0.405. The number of carbonyl (C=O) groups is 1. The number of fused-ring (bicyclic) bond motifs is 2. The van der Waals surface area contributed by atoms with Crippen LogP contribution in [0.1, 0.15) is 60.4 Å². The van der Waals surface area contributed by atoms with Gasteiger partial charge in [0.1, 0.15) is 0 Å². The van der Waals surface area contributed by atoms with Gasteiger partial charge in [-0.3, -0.25) is 9.78 Å². The lowest BCUT2D eigenvalue weighted by Gasteiger charge is -2.38. The fourth-order valence-electron chi connectivity index (χ4n) is 6.46. The largest absolute Gasteiger partial charge is 0.343 e. The zero-order chi connectivity index (χ0) is 27.9. The number of aryl methyl sites for hydroxylation is 2. The molecule has 1 atom stereocenters. The van der Waals surface area contributed by atoms with E-state index < -0.39 is 10.2 Å². The fourth-order valence-corrected chi connectivity index (χ4v) is 9.10. The first kappa shape index (κ1) is 29.5. The van der Waals surface area contributed by atoms with Crippen LogP contribution in [0.25, 0.3) is 0 Å². The van der Waals surface area contributed by atoms with Crippen molar-refractivity contribution in [1.29, 1.82) is 0 Å². The van der Waals surface area contributed by atoms with Crippen molar-refractivity contribution in [2.24, 2.45) is 11.8 Å². The molecule has 1 aliphatic carbocycles. The highest BCUT2D eigenvalue weighted by atomic mass is 79.9. The Hall–Kier alpha value is -1.04. The summed E-state index contributed by atoms with van der Waals surface area (Å²) >= 11 is 13.9. The average molecular weight is 703 g/mol. The number of benzene rings is 1. The van der Waals surface area contributed by atoms with Crippen molar-refractivity contribution in [2.75, 3.05) is 40.3 Å². The van der Waals surface area contributed by atoms with E-state index in [9.17, 15) is 13.2 Å². The molecule has 11 heteroatoms. The number of amides is 1. The lowest BCUT2D eigenvalue weighted by atomic mass is 9.76. The molecule has 0 spiro atoms. The maximum absolute atomic E-state index is 13.3. The van der Waals surface area contributed by atoms with Gasteiger partial charge < -0.3 is 4.90 Å². The van der Waals surface area contributed by atoms with Crippen molar-refractivity contribution in [2.45, 2.75) is 50.9 Å². The van der Waals surface area contributed by atoms with Gasteiger partial charge in [-0.15, -0.1) is 0 Å². The van der Waals surface area contributed by atoms with Gasteiger partial charge in [-0.1, -0.05) is 27.5 Å². The molecular formula is C28H35Br2ClN4O3S. The third-order valence-electron chi connectivity index (χ3n) is 8.61. The Morgan fingerprint density at radius 1 is 1.03 bits per heavy atom. The Labute approximate surface area is 253 Å². The van der Waals surface area contributed by atoms with Crippen LogP contribution in [-0.2, 0) is 27.8 Å². The first-order valence-corrected chi connectivity index (χ1v) is 17.0. The number of piperidine rings is 2. The van der Waals surface area contributed by atoms with Crippen molar-refractivity contribution < 1.29 is 13.2 Å². The van der Waals surface area contributed by atoms with Crippen LogP contribution in [-0.4, -0.2) is 73.1 Å². The molecule has 0 N–H and O–H groups in total. The predicted octanol–water partition coefficient (Wildman–Crippen LogP) is 5.64. The van der Waals surface area contributed by atoms with Crippen LogP contribution < -0.4 is 0 Å². The van der Waals surface area contributed by atoms with Crippen LogP contribution in [0.3, 0.4) is 0 Å². The molecule has 5 rings (SSSR count). The summed E-state index contributed by atoms with van der Waals surface area (Å²) in [6.45, 7) is 2.42. The molecule has 0 saturated carbocycles. The van der Waals surface area contributed by atoms with E-state index in [2.05, 4.69) is 44.0 Å². The van der Waals surface area contributed by atoms with Crippen LogP contribution in [0.5, 0.6) is 0 Å². The summed E-state index contributed by atoms with van der Waals surface area (Å²) in [4.78, 5) is 20.2. The Kier molecular flexibility index (Phi) is 9.11. The maximum atomic E-state index is 13.3. The van der Waals surface area contributed by atoms with E-state index in [-0.39, 0.29) is 17.7 Å². The van der Waals surface area contributed by atoms with E-state index in [1.54, 1.807) is 14.1 Å². The minimum Gasteiger partial charge on any atom is -0.343 e. The van der Waals surface area contributed by atoms with Crippen LogP contribution in [0.4, 0.5) is 0 Å². The van der Waals surface area contributed by atoms with Crippen LogP contribution >= 0.6 is 43.5 Å². The Morgan fingerprint density at radius 3 is 2.36 bits per heavy atom. The van der Waals surface area contributed by atoms with Gasteiger partial charge in [0.2, 0.25) is 5.91 Å². The van der Waals surface area contributed by atoms with Crippen molar-refractivity contribution in [1.82, 2.24) is 18.5 Å². The summed E-state index contributed by atoms with van der Waals surface area (Å²) in [5, 5.41) is 0.741. The molecular weight excluding hydrogens is 668 g/mol. The number of halogens is 3. The molecule has 7 nitrogen and oxygen atoms in total. The van der Waals surface area contributed by atoms with Gasteiger partial charge in [-0.25, -0.2) is 0 Å². The highest BCUT2D eigenvalue weighted by molar-refractivity contribution is 9.10. The number of aromatic nitrogens is 1. The first-order chi connectivity index (χ1) is 18.5. The van der Waals surface area contributed by atoms with E-state index in [0.29, 0.717) is 25.4 Å². The second kappa shape index (κ2) is 12.1. The summed E-state index contributed by atoms with van der Waals surface area (Å²) in [6.07, 6.45) is 7.52. The van der Waals surface area contributed by atoms with Crippen molar-refractivity contribution in [3.63, 3.8) is 0 Å². The van der Waals surface area contributed by atoms with E-state index in [1.807, 2.05) is 17.2 Å². The van der Waals surface area contributed by atoms with E-state index in [1.165, 1.54) is 25.3 Å². The Balaban J connectivity index is 1.26. The molecule has 3 aliphatic rings. The van der Waals surface area contributed by atoms with Crippen LogP contribution in [0.2, 0.25) is 5.02 Å². The van der Waals surface area contributed by atoms with Crippen molar-refractivity contribution in [3.8, 4) is 0 Å². The summed E-state index contributed by atoms with van der Waals surface area (Å²) in [6, 6.07) is 6.29. The second-order valence-corrected chi connectivity index (χ2v) is 15.5. The predicted molar refractivity (Wildman–Crippen MR) is 161 cm³/mol. The topological polar surface area (TPSA) is 73.8 Å². The molecule has 0 unspecified atom stereocenters. The van der Waals surface area contributed by atoms with Crippen LogP contribution in [0, 0.1) is 11.8 Å². The number of hydrogen-bond donors (Lipinski definition) is 0. The molecule has 212 valence electrons. The van der Waals surface area contributed by atoms with Gasteiger partial charge in [-0.2, -0.15) is 17.0 Å². The minimum absolute atomic E-state index is 0.150. The Morgan fingerprint density at radius 2 is 1.69 bits per heavy atom. The van der Waals surface area contributed by atoms with Crippen molar-refractivity contribution >= 4 is 59.6 Å². The number of hydrogen-bond acceptors (Lipinski definition) is 4. The van der Waals surface area contributed by atoms with Gasteiger partial charge in [0, 0.05) is 72.8 Å². The molecule has 1 amide bonds. The zero-order valence-corrected chi connectivity index (χ0v) is 27.1. The van der Waals surface area contributed by atoms with Gasteiger partial charge in [0.15, 0.2) is 0 Å². The monoisotopic (exact) mass is 700 g/mol. The molecule has 0 radical (unpaired) electrons. The second-order valence-electron chi connectivity index (χ2n) is 11.2. The average Bonchev–Trinajstić information content (AvgIpc) is 3.05. The summed E-state index contributed by atoms with van der Waals surface area (Å²) in [5.41, 5.74) is 4.98. The highest BCUT2D eigenvalue weighted by Gasteiger charge is 2.37. The highest BCUT2D eigenvalue weighted by Crippen LogP contribution is 2.46. The molecule has 2 aromatic rings. The number of carbonyl (C=O) groups excluding carboxylic acids is 1. The fraction of sp³-hybridized carbons (Fsp3) is 0.571. The number of pyridine rings is 1. The molecule has 2 fully saturated rings. The lowest BCUT2D eigenvalue weighted by molar-refractivity contribution is -0.133. The first-order valence-electron chi connectivity index (χ1n) is 13.6. The van der Waals surface area contributed by atoms with E-state index in [4.69, 9.17) is 16.6 Å². The molecule has 3 heterocycles. The number of nitrogens with zero attached hydrogens (tertiary/aromatic N) is 4. The third kappa shape index (κ3) is 6.26. The lowest BCUT2D eigenvalue weighted by Crippen LogP contribution is -2.45. The molecule has 1 aromatic heterocycles. The molecule has 2 aliphatic heterocycles. The SMILES string of the molecule is CN(C)S(=O)(=O)N1CCC(CC(=O)N2CCC([C@H]3c4ncc(Br)cc4CCc4cc(Cl)cc(Br)c43)CC2)CC1. The third-order valence-corrected chi connectivity index (χ3v) is 11.9. The maximum Gasteiger partial charge on any atom is 0.281 e. The number of likely N-dealkylation sites (tertiary alicyclic amines) is 1. The summed E-state index contributed by atoms with van der Waals surface area (Å²) in [5.74, 6) is 0.944. The smallest absolute Gasteiger partial charge is 0.281 e. The van der Waals surface area contributed by atoms with E-state index in [0.717, 1.165) is 71.3 Å².